The zero-order valence-electron chi connectivity index (χ0n) is 10.2. The molecule has 0 aliphatic carbocycles. The summed E-state index contributed by atoms with van der Waals surface area (Å²) >= 11 is 0. The molecule has 0 saturated carbocycles. The van der Waals surface area contributed by atoms with Gasteiger partial charge in [-0.1, -0.05) is 13.8 Å². The zero-order chi connectivity index (χ0) is 12.5. The molecule has 1 aliphatic rings. The van der Waals surface area contributed by atoms with E-state index in [0.717, 1.165) is 19.5 Å². The molecule has 2 rings (SSSR count). The predicted octanol–water partition coefficient (Wildman–Crippen LogP) is 1.24. The average Bonchev–Trinajstić information content (AvgIpc) is 2.68. The Kier molecular flexibility index (Phi) is 3.02. The van der Waals surface area contributed by atoms with Crippen LogP contribution >= 0.6 is 0 Å². The van der Waals surface area contributed by atoms with Gasteiger partial charge in [0.25, 0.3) is 5.91 Å². The minimum absolute atomic E-state index is 0.0194. The van der Waals surface area contributed by atoms with E-state index in [2.05, 4.69) is 24.3 Å². The van der Waals surface area contributed by atoms with Gasteiger partial charge in [-0.2, -0.15) is 0 Å². The van der Waals surface area contributed by atoms with Crippen LogP contribution in [0.15, 0.2) is 18.5 Å². The van der Waals surface area contributed by atoms with Crippen LogP contribution in [0.3, 0.4) is 0 Å². The quantitative estimate of drug-likeness (QED) is 0.596. The van der Waals surface area contributed by atoms with E-state index in [1.807, 2.05) is 4.90 Å². The van der Waals surface area contributed by atoms with Gasteiger partial charge in [0.2, 0.25) is 0 Å². The first-order chi connectivity index (χ1) is 8.03. The minimum Gasteiger partial charge on any atom is -0.338 e. The molecule has 1 aromatic rings. The van der Waals surface area contributed by atoms with Crippen molar-refractivity contribution in [1.82, 2.24) is 9.88 Å². The van der Waals surface area contributed by atoms with Gasteiger partial charge < -0.3 is 10.3 Å². The van der Waals surface area contributed by atoms with Crippen molar-refractivity contribution in [1.29, 1.82) is 0 Å². The molecule has 1 amide bonds. The van der Waals surface area contributed by atoms with Crippen molar-refractivity contribution in [2.45, 2.75) is 20.3 Å². The lowest BCUT2D eigenvalue weighted by atomic mass is 9.93. The number of carbonyl (C=O) groups excluding carboxylic acids is 1. The molecule has 1 aliphatic heterocycles. The number of nitrogens with one attached hydrogen (secondary N) is 1. The normalized spacial score (nSPS) is 18.2. The highest BCUT2D eigenvalue weighted by molar-refractivity contribution is 5.99. The Morgan fingerprint density at radius 1 is 1.59 bits per heavy atom. The summed E-state index contributed by atoms with van der Waals surface area (Å²) in [6.45, 7) is 5.94. The van der Waals surface area contributed by atoms with Crippen LogP contribution in [-0.2, 0) is 0 Å². The Hall–Kier alpha value is -1.62. The molecule has 3 N–H and O–H groups in total. The Morgan fingerprint density at radius 3 is 2.94 bits per heavy atom. The van der Waals surface area contributed by atoms with Gasteiger partial charge in [0, 0.05) is 19.3 Å². The summed E-state index contributed by atoms with van der Waals surface area (Å²) in [6, 6.07) is 1.70. The van der Waals surface area contributed by atoms with Gasteiger partial charge in [-0.05, 0) is 17.9 Å². The minimum atomic E-state index is 0.0194. The van der Waals surface area contributed by atoms with Gasteiger partial charge >= 0.3 is 0 Å². The maximum atomic E-state index is 12.3. The monoisotopic (exact) mass is 234 g/mol. The van der Waals surface area contributed by atoms with E-state index in [1.54, 1.807) is 18.5 Å². The lowest BCUT2D eigenvalue weighted by Gasteiger charge is -2.20. The summed E-state index contributed by atoms with van der Waals surface area (Å²) in [5.74, 6) is 5.40. The molecule has 0 radical (unpaired) electrons. The molecule has 5 heteroatoms. The molecular weight excluding hydrogens is 216 g/mol. The molecule has 1 aromatic heterocycles. The maximum absolute atomic E-state index is 12.3. The first kappa shape index (κ1) is 11.9. The topological polar surface area (TPSA) is 71.2 Å². The van der Waals surface area contributed by atoms with E-state index in [1.165, 1.54) is 0 Å². The fraction of sp³-hybridized carbons (Fsp3) is 0.500. The number of hydrazine groups is 1. The number of nitrogens with two attached hydrogens (primary N) is 1. The summed E-state index contributed by atoms with van der Waals surface area (Å²) in [7, 11) is 0. The van der Waals surface area contributed by atoms with Gasteiger partial charge in [0.1, 0.15) is 0 Å². The van der Waals surface area contributed by atoms with Crippen LogP contribution in [0.1, 0.15) is 30.6 Å². The second-order valence-electron chi connectivity index (χ2n) is 5.21. The summed E-state index contributed by atoms with van der Waals surface area (Å²) < 4.78 is 0. The molecule has 0 unspecified atom stereocenters. The largest absolute Gasteiger partial charge is 0.338 e. The second-order valence-corrected chi connectivity index (χ2v) is 5.21. The van der Waals surface area contributed by atoms with E-state index in [-0.39, 0.29) is 11.3 Å². The fourth-order valence-corrected chi connectivity index (χ4v) is 2.15. The van der Waals surface area contributed by atoms with E-state index in [0.29, 0.717) is 11.3 Å². The third-order valence-electron chi connectivity index (χ3n) is 3.17. The van der Waals surface area contributed by atoms with Crippen molar-refractivity contribution in [2.75, 3.05) is 18.5 Å². The first-order valence-electron chi connectivity index (χ1n) is 5.73. The lowest BCUT2D eigenvalue weighted by molar-refractivity contribution is 0.0779. The Morgan fingerprint density at radius 2 is 2.35 bits per heavy atom. The average molecular weight is 234 g/mol. The maximum Gasteiger partial charge on any atom is 0.256 e. The van der Waals surface area contributed by atoms with Crippen LogP contribution in [0.2, 0.25) is 0 Å². The van der Waals surface area contributed by atoms with E-state index >= 15 is 0 Å². The molecule has 1 saturated heterocycles. The molecule has 17 heavy (non-hydrogen) atoms. The number of hydrogen-bond donors (Lipinski definition) is 2. The number of anilines is 1. The molecule has 1 fully saturated rings. The first-order valence-corrected chi connectivity index (χ1v) is 5.73. The van der Waals surface area contributed by atoms with Crippen molar-refractivity contribution in [3.63, 3.8) is 0 Å². The van der Waals surface area contributed by atoms with Gasteiger partial charge in [0.05, 0.1) is 17.4 Å². The number of carbonyl (C=O) groups is 1. The summed E-state index contributed by atoms with van der Waals surface area (Å²) in [5, 5.41) is 0. The summed E-state index contributed by atoms with van der Waals surface area (Å²) in [6.07, 6.45) is 4.21. The zero-order valence-corrected chi connectivity index (χ0v) is 10.2. The Bertz CT molecular complexity index is 430. The number of nitrogens with zero attached hydrogens (tertiary/aromatic N) is 2. The summed E-state index contributed by atoms with van der Waals surface area (Å²) in [4.78, 5) is 18.1. The molecule has 5 nitrogen and oxygen atoms in total. The van der Waals surface area contributed by atoms with Crippen LogP contribution in [0, 0.1) is 5.41 Å². The van der Waals surface area contributed by atoms with Crippen molar-refractivity contribution in [3.8, 4) is 0 Å². The number of nitrogen functional groups attached to an aromatic ring is 1. The van der Waals surface area contributed by atoms with E-state index < -0.39 is 0 Å². The summed E-state index contributed by atoms with van der Waals surface area (Å²) in [5.41, 5.74) is 3.87. The highest BCUT2D eigenvalue weighted by atomic mass is 16.2. The fourth-order valence-electron chi connectivity index (χ4n) is 2.15. The van der Waals surface area contributed by atoms with E-state index in [9.17, 15) is 4.79 Å². The van der Waals surface area contributed by atoms with Crippen molar-refractivity contribution < 1.29 is 4.79 Å². The van der Waals surface area contributed by atoms with Gasteiger partial charge in [-0.3, -0.25) is 15.6 Å². The highest BCUT2D eigenvalue weighted by Gasteiger charge is 2.33. The number of amides is 1. The molecule has 92 valence electrons. The van der Waals surface area contributed by atoms with Crippen molar-refractivity contribution >= 4 is 11.6 Å². The molecule has 0 aromatic carbocycles. The van der Waals surface area contributed by atoms with E-state index in [4.69, 9.17) is 5.84 Å². The number of likely N-dealkylation sites (tertiary alicyclic amines) is 1. The molecule has 0 spiro atoms. The van der Waals surface area contributed by atoms with Gasteiger partial charge in [-0.25, -0.2) is 0 Å². The van der Waals surface area contributed by atoms with Crippen LogP contribution in [-0.4, -0.2) is 28.9 Å². The van der Waals surface area contributed by atoms with Gasteiger partial charge in [-0.15, -0.1) is 0 Å². The standard InChI is InChI=1S/C12H18N4O/c1-12(2)4-6-16(8-12)11(17)9-3-5-14-7-10(9)15-13/h3,5,7,15H,4,6,8,13H2,1-2H3. The van der Waals surface area contributed by atoms with Crippen LogP contribution in [0.25, 0.3) is 0 Å². The number of hydrogen-bond acceptors (Lipinski definition) is 4. The number of rotatable bonds is 2. The number of pyridine rings is 1. The molecular formula is C12H18N4O. The number of aromatic nitrogens is 1. The smallest absolute Gasteiger partial charge is 0.256 e. The molecule has 0 atom stereocenters. The van der Waals surface area contributed by atoms with Crippen molar-refractivity contribution in [2.24, 2.45) is 11.3 Å². The highest BCUT2D eigenvalue weighted by Crippen LogP contribution is 2.30. The van der Waals surface area contributed by atoms with Crippen LogP contribution in [0.5, 0.6) is 0 Å². The van der Waals surface area contributed by atoms with Gasteiger partial charge in [0.15, 0.2) is 0 Å². The Labute approximate surface area is 101 Å². The SMILES string of the molecule is CC1(C)CCN(C(=O)c2ccncc2NN)C1. The predicted molar refractivity (Wildman–Crippen MR) is 66.3 cm³/mol. The second kappa shape index (κ2) is 4.33. The molecule has 2 heterocycles. The molecule has 0 bridgehead atoms. The third-order valence-corrected chi connectivity index (χ3v) is 3.17. The third kappa shape index (κ3) is 2.39. The Balaban J connectivity index is 2.20. The lowest BCUT2D eigenvalue weighted by Crippen LogP contribution is -2.31. The van der Waals surface area contributed by atoms with Crippen molar-refractivity contribution in [3.05, 3.63) is 24.0 Å². The van der Waals surface area contributed by atoms with Crippen LogP contribution < -0.4 is 11.3 Å². The van der Waals surface area contributed by atoms with Crippen LogP contribution in [0.4, 0.5) is 5.69 Å².